The van der Waals surface area contributed by atoms with E-state index < -0.39 is 0 Å². The van der Waals surface area contributed by atoms with Crippen LogP contribution in [-0.4, -0.2) is 37.0 Å². The van der Waals surface area contributed by atoms with Crippen molar-refractivity contribution >= 4 is 11.9 Å². The Morgan fingerprint density at radius 3 is 2.71 bits per heavy atom. The van der Waals surface area contributed by atoms with E-state index in [4.69, 9.17) is 4.74 Å². The molecule has 1 heterocycles. The van der Waals surface area contributed by atoms with E-state index in [9.17, 15) is 9.59 Å². The largest absolute Gasteiger partial charge is 0.469 e. The highest BCUT2D eigenvalue weighted by Gasteiger charge is 2.46. The first-order valence-electron chi connectivity index (χ1n) is 7.62. The van der Waals surface area contributed by atoms with Crippen LogP contribution in [0.4, 0.5) is 0 Å². The topological polar surface area (TPSA) is 46.6 Å². The number of carbonyl (C=O) groups excluding carboxylic acids is 2. The molecule has 0 spiro atoms. The number of methoxy groups -OCH3 is 1. The van der Waals surface area contributed by atoms with Crippen molar-refractivity contribution in [2.75, 3.05) is 20.2 Å². The van der Waals surface area contributed by atoms with Crippen molar-refractivity contribution in [1.82, 2.24) is 4.90 Å². The maximum atomic E-state index is 12.6. The molecule has 112 valence electrons. The zero-order valence-electron chi connectivity index (χ0n) is 12.3. The van der Waals surface area contributed by atoms with Crippen LogP contribution in [0.2, 0.25) is 0 Å². The molecule has 2 fully saturated rings. The summed E-state index contributed by atoms with van der Waals surface area (Å²) in [5.41, 5.74) is 1.25. The van der Waals surface area contributed by atoms with Crippen LogP contribution in [0.15, 0.2) is 30.3 Å². The molecule has 2 unspecified atom stereocenters. The Bertz CT molecular complexity index is 528. The molecule has 1 aromatic rings. The second kappa shape index (κ2) is 5.88. The predicted molar refractivity (Wildman–Crippen MR) is 78.6 cm³/mol. The van der Waals surface area contributed by atoms with Gasteiger partial charge in [0, 0.05) is 19.0 Å². The van der Waals surface area contributed by atoms with Crippen molar-refractivity contribution in [3.8, 4) is 0 Å². The summed E-state index contributed by atoms with van der Waals surface area (Å²) in [4.78, 5) is 26.1. The van der Waals surface area contributed by atoms with Gasteiger partial charge in [0.1, 0.15) is 0 Å². The molecular formula is C17H21NO3. The van der Waals surface area contributed by atoms with E-state index in [1.165, 1.54) is 12.7 Å². The molecule has 0 bridgehead atoms. The number of hydrogen-bond donors (Lipinski definition) is 0. The number of likely N-dealkylation sites (tertiary alicyclic amines) is 1. The molecular weight excluding hydrogens is 266 g/mol. The summed E-state index contributed by atoms with van der Waals surface area (Å²) in [6.07, 6.45) is 2.64. The van der Waals surface area contributed by atoms with Gasteiger partial charge in [-0.1, -0.05) is 30.3 Å². The first-order chi connectivity index (χ1) is 10.2. The monoisotopic (exact) mass is 287 g/mol. The van der Waals surface area contributed by atoms with Crippen LogP contribution < -0.4 is 0 Å². The molecule has 1 amide bonds. The Morgan fingerprint density at radius 2 is 2.00 bits per heavy atom. The lowest BCUT2D eigenvalue weighted by atomic mass is 9.97. The minimum atomic E-state index is -0.192. The molecule has 1 saturated heterocycles. The number of esters is 1. The smallest absolute Gasteiger partial charge is 0.310 e. The lowest BCUT2D eigenvalue weighted by molar-refractivity contribution is -0.149. The Kier molecular flexibility index (Phi) is 3.95. The van der Waals surface area contributed by atoms with E-state index in [1.54, 1.807) is 0 Å². The Balaban J connectivity index is 1.60. The SMILES string of the molecule is COC(=O)[C@H]1CCCN(C(=O)C2CC2c2ccccc2)C1. The zero-order chi connectivity index (χ0) is 14.8. The van der Waals surface area contributed by atoms with Crippen molar-refractivity contribution in [3.05, 3.63) is 35.9 Å². The molecule has 4 nitrogen and oxygen atoms in total. The van der Waals surface area contributed by atoms with Gasteiger partial charge in [0.25, 0.3) is 0 Å². The van der Waals surface area contributed by atoms with Crippen molar-refractivity contribution < 1.29 is 14.3 Å². The van der Waals surface area contributed by atoms with Crippen LogP contribution in [-0.2, 0) is 14.3 Å². The first-order valence-corrected chi connectivity index (χ1v) is 7.62. The zero-order valence-corrected chi connectivity index (χ0v) is 12.3. The summed E-state index contributed by atoms with van der Waals surface area (Å²) in [7, 11) is 1.41. The second-order valence-electron chi connectivity index (χ2n) is 6.01. The van der Waals surface area contributed by atoms with Gasteiger partial charge < -0.3 is 9.64 Å². The van der Waals surface area contributed by atoms with E-state index in [0.717, 1.165) is 25.8 Å². The molecule has 2 aliphatic rings. The minimum Gasteiger partial charge on any atom is -0.469 e. The van der Waals surface area contributed by atoms with Gasteiger partial charge in [-0.05, 0) is 30.7 Å². The number of ether oxygens (including phenoxy) is 1. The van der Waals surface area contributed by atoms with Gasteiger partial charge in [0.05, 0.1) is 13.0 Å². The third-order valence-electron chi connectivity index (χ3n) is 4.60. The van der Waals surface area contributed by atoms with Crippen molar-refractivity contribution in [3.63, 3.8) is 0 Å². The number of piperidine rings is 1. The number of benzene rings is 1. The van der Waals surface area contributed by atoms with Crippen LogP contribution in [0.1, 0.15) is 30.7 Å². The van der Waals surface area contributed by atoms with Crippen LogP contribution in [0, 0.1) is 11.8 Å². The fraction of sp³-hybridized carbons (Fsp3) is 0.529. The van der Waals surface area contributed by atoms with Crippen LogP contribution in [0.5, 0.6) is 0 Å². The highest BCUT2D eigenvalue weighted by atomic mass is 16.5. The first kappa shape index (κ1) is 14.1. The molecule has 21 heavy (non-hydrogen) atoms. The van der Waals surface area contributed by atoms with Gasteiger partial charge in [-0.2, -0.15) is 0 Å². The molecule has 1 aromatic carbocycles. The van der Waals surface area contributed by atoms with E-state index in [-0.39, 0.29) is 23.7 Å². The number of nitrogens with zero attached hydrogens (tertiary/aromatic N) is 1. The minimum absolute atomic E-state index is 0.101. The summed E-state index contributed by atoms with van der Waals surface area (Å²) in [6.45, 7) is 1.29. The van der Waals surface area contributed by atoms with Gasteiger partial charge in [0.15, 0.2) is 0 Å². The maximum absolute atomic E-state index is 12.6. The van der Waals surface area contributed by atoms with Gasteiger partial charge >= 0.3 is 5.97 Å². The fourth-order valence-corrected chi connectivity index (χ4v) is 3.31. The standard InChI is InChI=1S/C17H21NO3/c1-21-17(20)13-8-5-9-18(11-13)16(19)15-10-14(15)12-6-3-2-4-7-12/h2-4,6-7,13-15H,5,8-11H2,1H3/t13-,14?,15?/m0/s1. The van der Waals surface area contributed by atoms with Crippen molar-refractivity contribution in [1.29, 1.82) is 0 Å². The van der Waals surface area contributed by atoms with E-state index >= 15 is 0 Å². The second-order valence-corrected chi connectivity index (χ2v) is 6.01. The Morgan fingerprint density at radius 1 is 1.24 bits per heavy atom. The lowest BCUT2D eigenvalue weighted by Crippen LogP contribution is -2.43. The lowest BCUT2D eigenvalue weighted by Gasteiger charge is -2.31. The highest BCUT2D eigenvalue weighted by Crippen LogP contribution is 2.48. The summed E-state index contributed by atoms with van der Waals surface area (Å²) < 4.78 is 4.81. The molecule has 0 N–H and O–H groups in total. The number of hydrogen-bond acceptors (Lipinski definition) is 3. The molecule has 1 aliphatic heterocycles. The van der Waals surface area contributed by atoms with Crippen molar-refractivity contribution in [2.45, 2.75) is 25.2 Å². The molecule has 4 heteroatoms. The molecule has 3 atom stereocenters. The molecule has 3 rings (SSSR count). The third kappa shape index (κ3) is 2.94. The van der Waals surface area contributed by atoms with Crippen LogP contribution in [0.25, 0.3) is 0 Å². The highest BCUT2D eigenvalue weighted by molar-refractivity contribution is 5.84. The fourth-order valence-electron chi connectivity index (χ4n) is 3.31. The van der Waals surface area contributed by atoms with Crippen LogP contribution in [0.3, 0.4) is 0 Å². The van der Waals surface area contributed by atoms with Gasteiger partial charge in [0.2, 0.25) is 5.91 Å². The van der Waals surface area contributed by atoms with Gasteiger partial charge in [-0.25, -0.2) is 0 Å². The van der Waals surface area contributed by atoms with E-state index in [1.807, 2.05) is 23.1 Å². The van der Waals surface area contributed by atoms with Crippen LogP contribution >= 0.6 is 0 Å². The van der Waals surface area contributed by atoms with E-state index in [0.29, 0.717) is 12.5 Å². The summed E-state index contributed by atoms with van der Waals surface area (Å²) >= 11 is 0. The number of carbonyl (C=O) groups is 2. The summed E-state index contributed by atoms with van der Waals surface area (Å²) in [5.74, 6) is 0.322. The summed E-state index contributed by atoms with van der Waals surface area (Å²) in [5, 5.41) is 0. The molecule has 0 aromatic heterocycles. The predicted octanol–water partition coefficient (Wildman–Crippen LogP) is 2.20. The molecule has 0 radical (unpaired) electrons. The molecule has 1 aliphatic carbocycles. The average molecular weight is 287 g/mol. The summed E-state index contributed by atoms with van der Waals surface area (Å²) in [6, 6.07) is 10.2. The third-order valence-corrected chi connectivity index (χ3v) is 4.60. The van der Waals surface area contributed by atoms with E-state index in [2.05, 4.69) is 12.1 Å². The quantitative estimate of drug-likeness (QED) is 0.801. The number of rotatable bonds is 3. The normalized spacial score (nSPS) is 28.0. The van der Waals surface area contributed by atoms with Gasteiger partial charge in [-0.15, -0.1) is 0 Å². The maximum Gasteiger partial charge on any atom is 0.310 e. The number of amides is 1. The Labute approximate surface area is 125 Å². The van der Waals surface area contributed by atoms with Crippen molar-refractivity contribution in [2.24, 2.45) is 11.8 Å². The van der Waals surface area contributed by atoms with Gasteiger partial charge in [-0.3, -0.25) is 9.59 Å². The molecule has 1 saturated carbocycles. The Hall–Kier alpha value is -1.84. The average Bonchev–Trinajstić information content (AvgIpc) is 3.35.